The van der Waals surface area contributed by atoms with E-state index >= 15 is 0 Å². The number of pyridine rings is 1. The Bertz CT molecular complexity index is 762. The second kappa shape index (κ2) is 8.00. The van der Waals surface area contributed by atoms with Crippen molar-refractivity contribution in [3.8, 4) is 11.8 Å². The maximum atomic E-state index is 8.83. The van der Waals surface area contributed by atoms with Gasteiger partial charge in [-0.1, -0.05) is 13.8 Å². The summed E-state index contributed by atoms with van der Waals surface area (Å²) in [6.45, 7) is 10.9. The smallest absolute Gasteiger partial charge is 0.205 e. The fourth-order valence-electron chi connectivity index (χ4n) is 2.50. The predicted molar refractivity (Wildman–Crippen MR) is 98.3 cm³/mol. The van der Waals surface area contributed by atoms with Gasteiger partial charge >= 0.3 is 0 Å². The Hall–Kier alpha value is -2.58. The van der Waals surface area contributed by atoms with Gasteiger partial charge in [-0.25, -0.2) is 0 Å². The van der Waals surface area contributed by atoms with Crippen molar-refractivity contribution in [2.24, 2.45) is 0 Å². The van der Waals surface area contributed by atoms with Crippen LogP contribution >= 0.6 is 0 Å². The van der Waals surface area contributed by atoms with Crippen molar-refractivity contribution in [1.82, 2.24) is 4.98 Å². The molecule has 0 amide bonds. The van der Waals surface area contributed by atoms with E-state index in [2.05, 4.69) is 16.4 Å². The number of aryl methyl sites for hydroxylation is 1. The van der Waals surface area contributed by atoms with E-state index in [1.165, 1.54) is 0 Å². The average Bonchev–Trinajstić information content (AvgIpc) is 2.63. The van der Waals surface area contributed by atoms with Gasteiger partial charge < -0.3 is 14.8 Å². The minimum Gasteiger partial charge on any atom is -0.461 e. The Morgan fingerprint density at radius 1 is 1.24 bits per heavy atom. The van der Waals surface area contributed by atoms with Gasteiger partial charge in [-0.2, -0.15) is 5.26 Å². The topological polar surface area (TPSA) is 67.2 Å². The number of hydrogen-bond acceptors (Lipinski definition) is 5. The van der Waals surface area contributed by atoms with Crippen LogP contribution in [-0.2, 0) is 17.9 Å². The Kier molecular flexibility index (Phi) is 6.00. The largest absolute Gasteiger partial charge is 0.461 e. The van der Waals surface area contributed by atoms with Crippen LogP contribution in [0.3, 0.4) is 0 Å². The lowest BCUT2D eigenvalue weighted by molar-refractivity contribution is -0.180. The van der Waals surface area contributed by atoms with Gasteiger partial charge in [-0.15, -0.1) is 0 Å². The minimum absolute atomic E-state index is 0.510. The van der Waals surface area contributed by atoms with E-state index in [0.29, 0.717) is 18.7 Å². The lowest BCUT2D eigenvalue weighted by Gasteiger charge is -2.34. The van der Waals surface area contributed by atoms with Crippen LogP contribution in [0.25, 0.3) is 0 Å². The van der Waals surface area contributed by atoms with E-state index in [0.717, 1.165) is 28.3 Å². The molecule has 0 unspecified atom stereocenters. The Morgan fingerprint density at radius 2 is 1.92 bits per heavy atom. The molecule has 0 spiro atoms. The van der Waals surface area contributed by atoms with Crippen LogP contribution in [-0.4, -0.2) is 10.8 Å². The molecular weight excluding hydrogens is 314 g/mol. The molecule has 0 saturated heterocycles. The summed E-state index contributed by atoms with van der Waals surface area (Å²) in [5, 5.41) is 12.2. The van der Waals surface area contributed by atoms with Gasteiger partial charge in [0, 0.05) is 37.8 Å². The molecule has 1 N–H and O–H groups in total. The number of aromatic nitrogens is 1. The fraction of sp³-hybridized carbons (Fsp3) is 0.400. The number of benzene rings is 1. The van der Waals surface area contributed by atoms with Crippen molar-refractivity contribution in [2.45, 2.75) is 53.6 Å². The van der Waals surface area contributed by atoms with E-state index in [1.54, 1.807) is 12.1 Å². The van der Waals surface area contributed by atoms with E-state index in [9.17, 15) is 0 Å². The molecule has 132 valence electrons. The summed E-state index contributed by atoms with van der Waals surface area (Å²) in [4.78, 5) is 4.43. The molecule has 0 radical (unpaired) electrons. The predicted octanol–water partition coefficient (Wildman–Crippen LogP) is 4.55. The monoisotopic (exact) mass is 339 g/mol. The molecule has 1 aliphatic rings. The van der Waals surface area contributed by atoms with Gasteiger partial charge in [-0.05, 0) is 36.8 Å². The molecule has 2 aromatic rings. The first-order chi connectivity index (χ1) is 12.0. The molecule has 1 aromatic heterocycles. The number of ether oxygens (including phenoxy) is 2. The van der Waals surface area contributed by atoms with Crippen LogP contribution in [0.15, 0.2) is 30.5 Å². The van der Waals surface area contributed by atoms with Crippen molar-refractivity contribution in [2.75, 3.05) is 5.32 Å². The first-order valence-corrected chi connectivity index (χ1v) is 8.53. The molecule has 25 heavy (non-hydrogen) atoms. The van der Waals surface area contributed by atoms with Gasteiger partial charge in [0.25, 0.3) is 0 Å². The number of anilines is 1. The SMILES string of the molecule is CC.Cc1ncc(CNc2ccc(C#N)cc2)c2c1OC(C)(C)OC2. The standard InChI is InChI=1S/C18H19N3O2.C2H6/c1-12-17-16(11-22-18(2,3)23-17)14(9-20-12)10-21-15-6-4-13(8-19)5-7-15;1-2/h4-7,9,21H,10-11H2,1-3H3;1-2H3. The molecule has 3 rings (SSSR count). The normalized spacial score (nSPS) is 14.2. The molecule has 0 fully saturated rings. The third-order valence-corrected chi connectivity index (χ3v) is 3.81. The highest BCUT2D eigenvalue weighted by Crippen LogP contribution is 2.35. The van der Waals surface area contributed by atoms with E-state index in [1.807, 2.05) is 52.9 Å². The average molecular weight is 339 g/mol. The zero-order valence-corrected chi connectivity index (χ0v) is 15.5. The summed E-state index contributed by atoms with van der Waals surface area (Å²) < 4.78 is 11.7. The van der Waals surface area contributed by atoms with Crippen molar-refractivity contribution in [3.05, 3.63) is 52.8 Å². The van der Waals surface area contributed by atoms with Crippen molar-refractivity contribution in [1.29, 1.82) is 5.26 Å². The zero-order valence-electron chi connectivity index (χ0n) is 15.5. The summed E-state index contributed by atoms with van der Waals surface area (Å²) in [5.41, 5.74) is 4.56. The number of nitrogens with one attached hydrogen (secondary N) is 1. The van der Waals surface area contributed by atoms with Gasteiger partial charge in [0.1, 0.15) is 5.75 Å². The molecule has 1 aliphatic heterocycles. The molecular formula is C20H25N3O2. The summed E-state index contributed by atoms with van der Waals surface area (Å²) >= 11 is 0. The summed E-state index contributed by atoms with van der Waals surface area (Å²) in [6.07, 6.45) is 1.86. The first-order valence-electron chi connectivity index (χ1n) is 8.53. The van der Waals surface area contributed by atoms with Crippen molar-refractivity contribution >= 4 is 5.69 Å². The number of nitrogens with zero attached hydrogens (tertiary/aromatic N) is 2. The van der Waals surface area contributed by atoms with Crippen LogP contribution in [0.1, 0.15) is 50.1 Å². The summed E-state index contributed by atoms with van der Waals surface area (Å²) in [6, 6.07) is 9.48. The van der Waals surface area contributed by atoms with E-state index in [4.69, 9.17) is 14.7 Å². The van der Waals surface area contributed by atoms with Crippen LogP contribution in [0, 0.1) is 18.3 Å². The van der Waals surface area contributed by atoms with Crippen LogP contribution in [0.5, 0.6) is 5.75 Å². The lowest BCUT2D eigenvalue weighted by Crippen LogP contribution is -2.36. The highest BCUT2D eigenvalue weighted by Gasteiger charge is 2.30. The van der Waals surface area contributed by atoms with Gasteiger partial charge in [0.05, 0.1) is 23.9 Å². The van der Waals surface area contributed by atoms with Crippen molar-refractivity contribution in [3.63, 3.8) is 0 Å². The van der Waals surface area contributed by atoms with Gasteiger partial charge in [0.15, 0.2) is 0 Å². The van der Waals surface area contributed by atoms with Crippen molar-refractivity contribution < 1.29 is 9.47 Å². The molecule has 0 aliphatic carbocycles. The number of nitriles is 1. The number of rotatable bonds is 3. The van der Waals surface area contributed by atoms with E-state index < -0.39 is 5.79 Å². The second-order valence-electron chi connectivity index (χ2n) is 6.01. The molecule has 0 bridgehead atoms. The lowest BCUT2D eigenvalue weighted by atomic mass is 10.1. The fourth-order valence-corrected chi connectivity index (χ4v) is 2.50. The quantitative estimate of drug-likeness (QED) is 0.889. The number of hydrogen-bond donors (Lipinski definition) is 1. The third kappa shape index (κ3) is 4.49. The molecule has 5 heteroatoms. The van der Waals surface area contributed by atoms with Crippen LogP contribution in [0.4, 0.5) is 5.69 Å². The molecule has 5 nitrogen and oxygen atoms in total. The molecule has 0 atom stereocenters. The second-order valence-corrected chi connectivity index (χ2v) is 6.01. The Balaban J connectivity index is 0.00000109. The molecule has 0 saturated carbocycles. The first kappa shape index (κ1) is 18.8. The summed E-state index contributed by atoms with van der Waals surface area (Å²) in [5.74, 6) is 0.193. The third-order valence-electron chi connectivity index (χ3n) is 3.81. The van der Waals surface area contributed by atoms with E-state index in [-0.39, 0.29) is 0 Å². The minimum atomic E-state index is -0.626. The number of fused-ring (bicyclic) bond motifs is 1. The zero-order chi connectivity index (χ0) is 18.4. The summed E-state index contributed by atoms with van der Waals surface area (Å²) in [7, 11) is 0. The maximum Gasteiger partial charge on any atom is 0.205 e. The highest BCUT2D eigenvalue weighted by atomic mass is 16.7. The Labute approximate surface area is 149 Å². The molecule has 2 heterocycles. The van der Waals surface area contributed by atoms with Gasteiger partial charge in [-0.3, -0.25) is 4.98 Å². The van der Waals surface area contributed by atoms with Gasteiger partial charge in [0.2, 0.25) is 5.79 Å². The molecule has 1 aromatic carbocycles. The van der Waals surface area contributed by atoms with Crippen LogP contribution in [0.2, 0.25) is 0 Å². The maximum absolute atomic E-state index is 8.83. The Morgan fingerprint density at radius 3 is 2.56 bits per heavy atom. The highest BCUT2D eigenvalue weighted by molar-refractivity contribution is 5.49. The van der Waals surface area contributed by atoms with Crippen LogP contribution < -0.4 is 10.1 Å².